The predicted molar refractivity (Wildman–Crippen MR) is 52.1 cm³/mol. The Morgan fingerprint density at radius 1 is 1.09 bits per heavy atom. The highest BCUT2D eigenvalue weighted by molar-refractivity contribution is 8.15. The van der Waals surface area contributed by atoms with Crippen molar-refractivity contribution in [3.05, 3.63) is 24.3 Å². The fourth-order valence-electron chi connectivity index (χ4n) is 0.880. The summed E-state index contributed by atoms with van der Waals surface area (Å²) in [6.07, 6.45) is 4.49. The Balaban J connectivity index is 2.83. The number of hydrogen-bond donors (Lipinski definition) is 1. The molecule has 0 N–H and O–H groups in total. The summed E-state index contributed by atoms with van der Waals surface area (Å²) in [6, 6.07) is 8.28. The summed E-state index contributed by atoms with van der Waals surface area (Å²) in [5.74, 6) is 0.936. The van der Waals surface area contributed by atoms with E-state index in [1.807, 2.05) is 12.1 Å². The van der Waals surface area contributed by atoms with Crippen LogP contribution in [0.3, 0.4) is 0 Å². The average molecular weight is 170 g/mol. The third-order valence-corrected chi connectivity index (χ3v) is 2.92. The van der Waals surface area contributed by atoms with Gasteiger partial charge in [0.2, 0.25) is 0 Å². The first kappa shape index (κ1) is 8.47. The second-order valence-corrected chi connectivity index (χ2v) is 4.90. The first-order valence-electron chi connectivity index (χ1n) is 3.55. The second kappa shape index (κ2) is 3.67. The lowest BCUT2D eigenvalue weighted by Crippen LogP contribution is -1.82. The van der Waals surface area contributed by atoms with Gasteiger partial charge >= 0.3 is 0 Å². The molecular formula is C9H14OS. The van der Waals surface area contributed by atoms with E-state index in [4.69, 9.17) is 4.74 Å². The molecule has 0 aliphatic rings. The first-order valence-corrected chi connectivity index (χ1v) is 5.79. The van der Waals surface area contributed by atoms with Crippen LogP contribution in [-0.2, 0) is 0 Å². The molecule has 0 spiro atoms. The van der Waals surface area contributed by atoms with Crippen LogP contribution in [0.4, 0.5) is 0 Å². The van der Waals surface area contributed by atoms with Crippen molar-refractivity contribution in [1.82, 2.24) is 0 Å². The van der Waals surface area contributed by atoms with E-state index < -0.39 is 0 Å². The van der Waals surface area contributed by atoms with Gasteiger partial charge in [-0.1, -0.05) is 0 Å². The van der Waals surface area contributed by atoms with Crippen molar-refractivity contribution in [1.29, 1.82) is 0 Å². The Bertz CT molecular complexity index is 216. The van der Waals surface area contributed by atoms with Crippen LogP contribution in [0.25, 0.3) is 0 Å². The molecule has 0 saturated carbocycles. The third-order valence-electron chi connectivity index (χ3n) is 1.59. The number of thiol groups is 1. The van der Waals surface area contributed by atoms with E-state index in [9.17, 15) is 0 Å². The molecule has 1 aromatic rings. The van der Waals surface area contributed by atoms with Crippen molar-refractivity contribution in [2.75, 3.05) is 19.6 Å². The molecule has 1 nitrogen and oxygen atoms in total. The van der Waals surface area contributed by atoms with Gasteiger partial charge in [0, 0.05) is 0 Å². The van der Waals surface area contributed by atoms with Gasteiger partial charge < -0.3 is 4.74 Å². The van der Waals surface area contributed by atoms with E-state index in [-0.39, 0.29) is 10.9 Å². The molecule has 2 heteroatoms. The van der Waals surface area contributed by atoms with Gasteiger partial charge in [0.1, 0.15) is 5.75 Å². The fourth-order valence-corrected chi connectivity index (χ4v) is 1.63. The van der Waals surface area contributed by atoms with Gasteiger partial charge in [0.25, 0.3) is 0 Å². The Labute approximate surface area is 70.7 Å². The molecule has 0 radical (unpaired) electrons. The van der Waals surface area contributed by atoms with Crippen LogP contribution < -0.4 is 4.74 Å². The monoisotopic (exact) mass is 170 g/mol. The SMILES string of the molecule is COc1ccc([SH](C)C)cc1. The molecule has 0 unspecified atom stereocenters. The molecule has 11 heavy (non-hydrogen) atoms. The van der Waals surface area contributed by atoms with Gasteiger partial charge in [0.15, 0.2) is 0 Å². The first-order chi connectivity index (χ1) is 5.24. The fraction of sp³-hybridized carbons (Fsp3) is 0.333. The van der Waals surface area contributed by atoms with Crippen LogP contribution in [0.15, 0.2) is 29.2 Å². The van der Waals surface area contributed by atoms with E-state index in [0.29, 0.717) is 0 Å². The van der Waals surface area contributed by atoms with Crippen LogP contribution in [0.1, 0.15) is 0 Å². The highest BCUT2D eigenvalue weighted by atomic mass is 32.2. The number of methoxy groups -OCH3 is 1. The molecule has 1 aromatic carbocycles. The maximum Gasteiger partial charge on any atom is 0.118 e. The van der Waals surface area contributed by atoms with Crippen molar-refractivity contribution in [3.63, 3.8) is 0 Å². The van der Waals surface area contributed by atoms with Crippen LogP contribution in [-0.4, -0.2) is 19.6 Å². The Kier molecular flexibility index (Phi) is 2.83. The van der Waals surface area contributed by atoms with Crippen molar-refractivity contribution in [2.45, 2.75) is 4.90 Å². The van der Waals surface area contributed by atoms with Gasteiger partial charge in [-0.3, -0.25) is 0 Å². The zero-order valence-corrected chi connectivity index (χ0v) is 8.06. The van der Waals surface area contributed by atoms with Gasteiger partial charge in [0.05, 0.1) is 7.11 Å². The molecule has 0 aromatic heterocycles. The summed E-state index contributed by atoms with van der Waals surface area (Å²) in [6.45, 7) is 0. The summed E-state index contributed by atoms with van der Waals surface area (Å²) in [4.78, 5) is 1.42. The quantitative estimate of drug-likeness (QED) is 0.670. The zero-order valence-electron chi connectivity index (χ0n) is 7.16. The minimum absolute atomic E-state index is 0.0315. The van der Waals surface area contributed by atoms with Crippen molar-refractivity contribution < 1.29 is 4.74 Å². The van der Waals surface area contributed by atoms with Crippen LogP contribution >= 0.6 is 10.9 Å². The predicted octanol–water partition coefficient (Wildman–Crippen LogP) is 2.31. The molecule has 0 atom stereocenters. The standard InChI is InChI=1S/C9H14OS/c1-10-8-4-6-9(7-5-8)11(2)3/h4-7,11H,1-3H3. The molecule has 0 amide bonds. The van der Waals surface area contributed by atoms with Crippen LogP contribution in [0.2, 0.25) is 0 Å². The second-order valence-electron chi connectivity index (χ2n) is 2.59. The van der Waals surface area contributed by atoms with Crippen molar-refractivity contribution >= 4 is 10.9 Å². The normalized spacial score (nSPS) is 11.0. The average Bonchev–Trinajstić information content (AvgIpc) is 2.05. The molecular weight excluding hydrogens is 156 g/mol. The molecule has 62 valence electrons. The molecule has 0 heterocycles. The van der Waals surface area contributed by atoms with Crippen LogP contribution in [0.5, 0.6) is 5.75 Å². The molecule has 1 rings (SSSR count). The number of hydrogen-bond acceptors (Lipinski definition) is 1. The van der Waals surface area contributed by atoms with E-state index in [2.05, 4.69) is 24.6 Å². The van der Waals surface area contributed by atoms with Crippen molar-refractivity contribution in [2.24, 2.45) is 0 Å². The van der Waals surface area contributed by atoms with Gasteiger partial charge in [-0.05, 0) is 41.7 Å². The van der Waals surface area contributed by atoms with Crippen molar-refractivity contribution in [3.8, 4) is 5.75 Å². The number of benzene rings is 1. The largest absolute Gasteiger partial charge is 0.497 e. The molecule has 0 saturated heterocycles. The van der Waals surface area contributed by atoms with Crippen LogP contribution in [0, 0.1) is 0 Å². The molecule has 0 aliphatic carbocycles. The van der Waals surface area contributed by atoms with E-state index in [1.165, 1.54) is 4.90 Å². The number of ether oxygens (including phenoxy) is 1. The lowest BCUT2D eigenvalue weighted by molar-refractivity contribution is 0.414. The van der Waals surface area contributed by atoms with Gasteiger partial charge in [-0.25, -0.2) is 10.9 Å². The number of rotatable bonds is 2. The summed E-state index contributed by atoms with van der Waals surface area (Å²) in [5, 5.41) is 0. The Hall–Kier alpha value is -0.630. The molecule has 0 bridgehead atoms. The lowest BCUT2D eigenvalue weighted by Gasteiger charge is -2.09. The summed E-state index contributed by atoms with van der Waals surface area (Å²) < 4.78 is 5.06. The lowest BCUT2D eigenvalue weighted by atomic mass is 10.3. The highest BCUT2D eigenvalue weighted by Crippen LogP contribution is 2.29. The Morgan fingerprint density at radius 2 is 1.64 bits per heavy atom. The maximum absolute atomic E-state index is 5.06. The minimum atomic E-state index is 0.0315. The third kappa shape index (κ3) is 2.15. The summed E-state index contributed by atoms with van der Waals surface area (Å²) >= 11 is 0. The minimum Gasteiger partial charge on any atom is -0.497 e. The topological polar surface area (TPSA) is 9.23 Å². The van der Waals surface area contributed by atoms with Gasteiger partial charge in [-0.15, -0.1) is 0 Å². The zero-order chi connectivity index (χ0) is 8.27. The van der Waals surface area contributed by atoms with E-state index in [1.54, 1.807) is 7.11 Å². The Morgan fingerprint density at radius 3 is 2.00 bits per heavy atom. The van der Waals surface area contributed by atoms with Gasteiger partial charge in [-0.2, -0.15) is 0 Å². The smallest absolute Gasteiger partial charge is 0.118 e. The molecule has 0 aliphatic heterocycles. The highest BCUT2D eigenvalue weighted by Gasteiger charge is 1.94. The van der Waals surface area contributed by atoms with E-state index >= 15 is 0 Å². The summed E-state index contributed by atoms with van der Waals surface area (Å²) in [7, 11) is 1.72. The maximum atomic E-state index is 5.06. The van der Waals surface area contributed by atoms with E-state index in [0.717, 1.165) is 5.75 Å². The summed E-state index contributed by atoms with van der Waals surface area (Å²) in [5.41, 5.74) is 0. The molecule has 0 fully saturated rings.